The predicted octanol–water partition coefficient (Wildman–Crippen LogP) is 2.30. The third kappa shape index (κ3) is 1.66. The molecule has 2 unspecified atom stereocenters. The van der Waals surface area contributed by atoms with Gasteiger partial charge in [0.25, 0.3) is 0 Å². The molecule has 2 atom stereocenters. The third-order valence-corrected chi connectivity index (χ3v) is 4.21. The van der Waals surface area contributed by atoms with E-state index in [0.29, 0.717) is 18.3 Å². The van der Waals surface area contributed by atoms with Gasteiger partial charge in [-0.2, -0.15) is 4.99 Å². The minimum absolute atomic E-state index is 0.192. The van der Waals surface area contributed by atoms with Crippen LogP contribution >= 0.6 is 0 Å². The van der Waals surface area contributed by atoms with E-state index in [1.165, 1.54) is 6.42 Å². The first kappa shape index (κ1) is 12.1. The molecule has 1 fully saturated rings. The molecular weight excluding hydrogens is 214 g/mol. The summed E-state index contributed by atoms with van der Waals surface area (Å²) in [5.41, 5.74) is 5.75. The Bertz CT molecular complexity index is 364. The minimum Gasteiger partial charge on any atom is -0.385 e. The summed E-state index contributed by atoms with van der Waals surface area (Å²) < 4.78 is 0. The topological polar surface area (TPSA) is 58.7 Å². The van der Waals surface area contributed by atoms with Gasteiger partial charge in [-0.1, -0.05) is 32.3 Å². The number of rotatable bonds is 3. The minimum atomic E-state index is -0.321. The van der Waals surface area contributed by atoms with E-state index in [0.717, 1.165) is 25.7 Å². The Morgan fingerprint density at radius 3 is 3.06 bits per heavy atom. The molecule has 17 heavy (non-hydrogen) atoms. The van der Waals surface area contributed by atoms with E-state index in [2.05, 4.69) is 18.5 Å². The molecule has 0 radical (unpaired) electrons. The molecule has 2 amide bonds. The van der Waals surface area contributed by atoms with Crippen molar-refractivity contribution < 1.29 is 4.79 Å². The Labute approximate surface area is 103 Å². The second kappa shape index (κ2) is 4.51. The van der Waals surface area contributed by atoms with Crippen LogP contribution in [0.2, 0.25) is 0 Å². The van der Waals surface area contributed by atoms with Gasteiger partial charge in [0.2, 0.25) is 0 Å². The van der Waals surface area contributed by atoms with Crippen molar-refractivity contribution in [2.75, 3.05) is 6.54 Å². The second-order valence-corrected chi connectivity index (χ2v) is 4.95. The number of carbonyl (C=O) groups excluding carboxylic acids is 1. The number of carbonyl (C=O) groups is 1. The average molecular weight is 235 g/mol. The Morgan fingerprint density at radius 2 is 2.41 bits per heavy atom. The van der Waals surface area contributed by atoms with Crippen LogP contribution in [0.1, 0.15) is 39.0 Å². The van der Waals surface area contributed by atoms with Gasteiger partial charge in [0.15, 0.2) is 0 Å². The van der Waals surface area contributed by atoms with Crippen molar-refractivity contribution in [3.63, 3.8) is 0 Å². The third-order valence-electron chi connectivity index (χ3n) is 4.21. The van der Waals surface area contributed by atoms with Crippen LogP contribution in [0, 0.1) is 5.92 Å². The van der Waals surface area contributed by atoms with Gasteiger partial charge in [0, 0.05) is 6.54 Å². The first-order chi connectivity index (χ1) is 8.16. The fourth-order valence-corrected chi connectivity index (χ4v) is 3.40. The molecule has 94 valence electrons. The first-order valence-electron chi connectivity index (χ1n) is 6.44. The molecule has 0 bridgehead atoms. The van der Waals surface area contributed by atoms with Gasteiger partial charge in [0.05, 0.1) is 0 Å². The summed E-state index contributed by atoms with van der Waals surface area (Å²) in [6.45, 7) is 6.43. The van der Waals surface area contributed by atoms with Gasteiger partial charge in [-0.3, -0.25) is 0 Å². The zero-order valence-electron chi connectivity index (χ0n) is 10.5. The van der Waals surface area contributed by atoms with Gasteiger partial charge in [-0.15, -0.1) is 6.58 Å². The van der Waals surface area contributed by atoms with Crippen LogP contribution in [0.25, 0.3) is 0 Å². The number of nitrogens with two attached hydrogens (primary N) is 1. The molecule has 1 aliphatic heterocycles. The number of hydrogen-bond donors (Lipinski definition) is 1. The highest BCUT2D eigenvalue weighted by molar-refractivity contribution is 6.06. The van der Waals surface area contributed by atoms with Crippen LogP contribution in [0.3, 0.4) is 0 Å². The smallest absolute Gasteiger partial charge is 0.346 e. The Balaban J connectivity index is 2.39. The summed E-state index contributed by atoms with van der Waals surface area (Å²) in [5, 5.41) is 0. The number of hydrogen-bond acceptors (Lipinski definition) is 2. The number of urea groups is 1. The Kier molecular flexibility index (Phi) is 3.22. The second-order valence-electron chi connectivity index (χ2n) is 4.95. The molecule has 4 nitrogen and oxygen atoms in total. The van der Waals surface area contributed by atoms with Gasteiger partial charge in [-0.05, 0) is 18.8 Å². The molecule has 0 aromatic rings. The van der Waals surface area contributed by atoms with Crippen LogP contribution in [0.5, 0.6) is 0 Å². The lowest BCUT2D eigenvalue weighted by Gasteiger charge is -2.46. The Hall–Kier alpha value is -1.32. The van der Waals surface area contributed by atoms with Crippen LogP contribution in [0.4, 0.5) is 4.79 Å². The predicted molar refractivity (Wildman–Crippen MR) is 68.9 cm³/mol. The zero-order valence-corrected chi connectivity index (χ0v) is 10.5. The molecular formula is C13H21N3O. The average Bonchev–Trinajstić information content (AvgIpc) is 2.55. The zero-order chi connectivity index (χ0) is 12.5. The van der Waals surface area contributed by atoms with E-state index in [-0.39, 0.29) is 11.6 Å². The molecule has 0 aromatic carbocycles. The highest BCUT2D eigenvalue weighted by Gasteiger charge is 2.53. The standard InChI is InChI=1S/C13H21N3O/c1-3-9-16-12(17)15-11(14)13(16)8-6-5-7-10(13)4-2/h3,10H,1,4-9H2,2H3,(H2,14,15,17). The number of amides is 2. The van der Waals surface area contributed by atoms with Gasteiger partial charge < -0.3 is 10.6 Å². The van der Waals surface area contributed by atoms with E-state index in [1.54, 1.807) is 6.08 Å². The van der Waals surface area contributed by atoms with Crippen molar-refractivity contribution in [3.8, 4) is 0 Å². The van der Waals surface area contributed by atoms with E-state index in [4.69, 9.17) is 5.73 Å². The summed E-state index contributed by atoms with van der Waals surface area (Å²) >= 11 is 0. The quantitative estimate of drug-likeness (QED) is 0.763. The van der Waals surface area contributed by atoms with Crippen molar-refractivity contribution in [1.29, 1.82) is 0 Å². The van der Waals surface area contributed by atoms with Crippen molar-refractivity contribution >= 4 is 11.9 Å². The molecule has 2 aliphatic rings. The molecule has 2 N–H and O–H groups in total. The molecule has 1 heterocycles. The first-order valence-corrected chi connectivity index (χ1v) is 6.44. The Morgan fingerprint density at radius 1 is 1.65 bits per heavy atom. The fraction of sp³-hybridized carbons (Fsp3) is 0.692. The summed E-state index contributed by atoms with van der Waals surface area (Å²) in [5.74, 6) is 0.960. The largest absolute Gasteiger partial charge is 0.385 e. The normalized spacial score (nSPS) is 33.0. The number of amidine groups is 1. The number of nitrogens with zero attached hydrogens (tertiary/aromatic N) is 2. The molecule has 2 rings (SSSR count). The maximum atomic E-state index is 11.9. The maximum Gasteiger partial charge on any atom is 0.346 e. The molecule has 1 aliphatic carbocycles. The van der Waals surface area contributed by atoms with Crippen molar-refractivity contribution in [1.82, 2.24) is 4.90 Å². The van der Waals surface area contributed by atoms with Crippen LogP contribution < -0.4 is 5.73 Å². The van der Waals surface area contributed by atoms with Crippen molar-refractivity contribution in [3.05, 3.63) is 12.7 Å². The summed E-state index contributed by atoms with van der Waals surface area (Å²) in [4.78, 5) is 17.7. The summed E-state index contributed by atoms with van der Waals surface area (Å²) in [6, 6.07) is -0.192. The lowest BCUT2D eigenvalue weighted by molar-refractivity contribution is 0.1000. The van der Waals surface area contributed by atoms with Gasteiger partial charge in [-0.25, -0.2) is 4.79 Å². The van der Waals surface area contributed by atoms with Crippen LogP contribution in [-0.4, -0.2) is 28.9 Å². The highest BCUT2D eigenvalue weighted by atomic mass is 16.2. The number of aliphatic imine (C=N–C) groups is 1. The van der Waals surface area contributed by atoms with E-state index in [1.807, 2.05) is 4.90 Å². The molecule has 1 spiro atoms. The van der Waals surface area contributed by atoms with Crippen LogP contribution in [0.15, 0.2) is 17.6 Å². The van der Waals surface area contributed by atoms with Crippen molar-refractivity contribution in [2.24, 2.45) is 16.6 Å². The van der Waals surface area contributed by atoms with Crippen molar-refractivity contribution in [2.45, 2.75) is 44.6 Å². The highest BCUT2D eigenvalue weighted by Crippen LogP contribution is 2.43. The lowest BCUT2D eigenvalue weighted by Crippen LogP contribution is -2.60. The van der Waals surface area contributed by atoms with Gasteiger partial charge >= 0.3 is 6.03 Å². The summed E-state index contributed by atoms with van der Waals surface area (Å²) in [7, 11) is 0. The van der Waals surface area contributed by atoms with E-state index in [9.17, 15) is 4.79 Å². The maximum absolute atomic E-state index is 11.9. The fourth-order valence-electron chi connectivity index (χ4n) is 3.40. The lowest BCUT2D eigenvalue weighted by atomic mass is 9.70. The van der Waals surface area contributed by atoms with Crippen LogP contribution in [-0.2, 0) is 0 Å². The molecule has 1 saturated carbocycles. The van der Waals surface area contributed by atoms with Gasteiger partial charge in [0.1, 0.15) is 11.4 Å². The molecule has 0 aromatic heterocycles. The van der Waals surface area contributed by atoms with E-state index < -0.39 is 0 Å². The van der Waals surface area contributed by atoms with E-state index >= 15 is 0 Å². The summed E-state index contributed by atoms with van der Waals surface area (Å²) in [6.07, 6.45) is 7.22. The molecule has 0 saturated heterocycles. The monoisotopic (exact) mass is 235 g/mol. The molecule has 4 heteroatoms. The SMILES string of the molecule is C=CCN1C(=O)N=C(N)C12CCCCC2CC.